The highest BCUT2D eigenvalue weighted by Gasteiger charge is 2.46. The first-order valence-corrected chi connectivity index (χ1v) is 24.0. The molecule has 4 N–H and O–H groups in total. The molecule has 0 amide bonds. The Morgan fingerprint density at radius 1 is 0.576 bits per heavy atom. The van der Waals surface area contributed by atoms with Gasteiger partial charge in [-0.05, 0) is 51.4 Å². The molecule has 2 unspecified atom stereocenters. The van der Waals surface area contributed by atoms with Crippen LogP contribution in [0.4, 0.5) is 0 Å². The van der Waals surface area contributed by atoms with E-state index in [4.69, 9.17) is 18.9 Å². The van der Waals surface area contributed by atoms with Crippen LogP contribution >= 0.6 is 0 Å². The molecule has 0 bridgehead atoms. The number of carbonyl (C=O) groups is 2. The van der Waals surface area contributed by atoms with Crippen LogP contribution in [-0.2, 0) is 38.7 Å². The third-order valence-electron chi connectivity index (χ3n) is 9.86. The summed E-state index contributed by atoms with van der Waals surface area (Å²) in [6.45, 7) is 3.65. The summed E-state index contributed by atoms with van der Waals surface area (Å²) in [6.07, 6.45) is 34.2. The Morgan fingerprint density at radius 3 is 1.58 bits per heavy atom. The van der Waals surface area contributed by atoms with Gasteiger partial charge in [0.05, 0.1) is 6.61 Å². The molecule has 1 fully saturated rings. The molecule has 0 aliphatic carbocycles. The van der Waals surface area contributed by atoms with E-state index in [1.54, 1.807) is 0 Å². The predicted octanol–water partition coefficient (Wildman–Crippen LogP) is 8.95. The number of esters is 2. The van der Waals surface area contributed by atoms with Crippen LogP contribution in [0.1, 0.15) is 162 Å². The number of ether oxygens (including phenoxy) is 4. The lowest BCUT2D eigenvalue weighted by Gasteiger charge is -2.40. The molecule has 0 aromatic heterocycles. The number of unbranched alkanes of at least 4 members (excludes halogenated alkanes) is 14. The third kappa shape index (κ3) is 30.9. The highest BCUT2D eigenvalue weighted by atomic mass is 32.2. The molecule has 6 atom stereocenters. The second-order valence-electron chi connectivity index (χ2n) is 15.4. The maximum Gasteiger partial charge on any atom is 0.306 e. The quantitative estimate of drug-likeness (QED) is 0.0203. The van der Waals surface area contributed by atoms with Crippen LogP contribution in [0.15, 0.2) is 60.8 Å². The zero-order valence-electron chi connectivity index (χ0n) is 36.1. The fourth-order valence-electron chi connectivity index (χ4n) is 6.36. The van der Waals surface area contributed by atoms with Crippen molar-refractivity contribution in [2.24, 2.45) is 0 Å². The Labute approximate surface area is 355 Å². The topological polar surface area (TPSA) is 186 Å². The lowest BCUT2D eigenvalue weighted by atomic mass is 10.00. The Bertz CT molecular complexity index is 1320. The molecule has 0 radical (unpaired) electrons. The molecule has 1 aliphatic heterocycles. The number of hydrogen-bond acceptors (Lipinski definition) is 11. The van der Waals surface area contributed by atoms with Gasteiger partial charge in [-0.1, -0.05) is 158 Å². The molecule has 340 valence electrons. The number of rotatable bonds is 36. The maximum absolute atomic E-state index is 12.8. The van der Waals surface area contributed by atoms with Crippen molar-refractivity contribution in [3.63, 3.8) is 0 Å². The zero-order chi connectivity index (χ0) is 43.4. The van der Waals surface area contributed by atoms with Crippen molar-refractivity contribution in [1.82, 2.24) is 0 Å². The van der Waals surface area contributed by atoms with Gasteiger partial charge < -0.3 is 34.3 Å². The van der Waals surface area contributed by atoms with Gasteiger partial charge in [0.1, 0.15) is 36.8 Å². The van der Waals surface area contributed by atoms with E-state index in [1.165, 1.54) is 70.6 Å². The smallest absolute Gasteiger partial charge is 0.306 e. The highest BCUT2D eigenvalue weighted by Crippen LogP contribution is 2.24. The molecule has 12 nitrogen and oxygen atoms in total. The molecule has 0 saturated carbocycles. The normalized spacial score (nSPS) is 20.8. The summed E-state index contributed by atoms with van der Waals surface area (Å²) in [7, 11) is -4.61. The van der Waals surface area contributed by atoms with E-state index in [-0.39, 0.29) is 19.4 Å². The summed E-state index contributed by atoms with van der Waals surface area (Å²) in [5.74, 6) is -2.09. The van der Waals surface area contributed by atoms with Crippen molar-refractivity contribution in [2.75, 3.05) is 19.0 Å². The maximum atomic E-state index is 12.8. The molecule has 0 aromatic carbocycles. The Balaban J connectivity index is 2.52. The second kappa shape index (κ2) is 36.0. The fourth-order valence-corrected chi connectivity index (χ4v) is 7.06. The van der Waals surface area contributed by atoms with E-state index in [9.17, 15) is 37.9 Å². The van der Waals surface area contributed by atoms with Gasteiger partial charge in [0.15, 0.2) is 12.4 Å². The molecule has 0 aromatic rings. The van der Waals surface area contributed by atoms with E-state index in [1.807, 2.05) is 12.2 Å². The molecule has 59 heavy (non-hydrogen) atoms. The average molecular weight is 855 g/mol. The lowest BCUT2D eigenvalue weighted by Crippen LogP contribution is -2.60. The van der Waals surface area contributed by atoms with Gasteiger partial charge in [-0.15, -0.1) is 0 Å². The van der Waals surface area contributed by atoms with E-state index < -0.39 is 71.2 Å². The third-order valence-corrected chi connectivity index (χ3v) is 10.6. The fraction of sp³-hybridized carbons (Fsp3) is 0.739. The van der Waals surface area contributed by atoms with Gasteiger partial charge in [0.2, 0.25) is 0 Å². The van der Waals surface area contributed by atoms with Crippen LogP contribution in [0.3, 0.4) is 0 Å². The molecular formula is C46H78O12S. The van der Waals surface area contributed by atoms with Crippen molar-refractivity contribution in [2.45, 2.75) is 198 Å². The van der Waals surface area contributed by atoms with Crippen molar-refractivity contribution >= 4 is 22.1 Å². The van der Waals surface area contributed by atoms with Crippen molar-refractivity contribution in [1.29, 1.82) is 0 Å². The molecule has 1 saturated heterocycles. The lowest BCUT2D eigenvalue weighted by molar-refractivity contribution is -0.297. The first-order valence-electron chi connectivity index (χ1n) is 22.3. The first kappa shape index (κ1) is 54.4. The van der Waals surface area contributed by atoms with E-state index in [2.05, 4.69) is 62.5 Å². The first-order chi connectivity index (χ1) is 28.5. The standard InChI is InChI=1S/C46H78O12S/c1-3-5-7-9-11-13-15-17-18-19-20-21-22-23-25-27-29-31-33-35-42(48)57-39(37-56-46-45(51)44(50)43(49)40(58-46)38-59(52,53)54)36-55-41(47)34-32-30-28-26-24-16-14-12-10-8-6-4-2/h11,13,17-18,20-21,23,25,29,31,39-40,43-46,49-51H,3-10,12,14-16,19,22,24,26-28,30,32-38H2,1-2H3,(H,52,53,54)/b13-11+,18-17+,21-20+,25-23+,31-29+/t39-,40-,43-,44?,45?,46+/m1/s1. The van der Waals surface area contributed by atoms with E-state index in [0.29, 0.717) is 19.3 Å². The summed E-state index contributed by atoms with van der Waals surface area (Å²) in [5, 5.41) is 30.8. The number of aliphatic hydroxyl groups excluding tert-OH is 3. The number of aliphatic hydroxyl groups is 3. The Morgan fingerprint density at radius 2 is 1.05 bits per heavy atom. The summed E-state index contributed by atoms with van der Waals surface area (Å²) >= 11 is 0. The molecule has 1 aliphatic rings. The number of allylic oxidation sites excluding steroid dienone is 10. The van der Waals surface area contributed by atoms with E-state index >= 15 is 0 Å². The van der Waals surface area contributed by atoms with Crippen LogP contribution in [-0.4, -0.2) is 96.0 Å². The van der Waals surface area contributed by atoms with Gasteiger partial charge >= 0.3 is 11.9 Å². The molecule has 1 heterocycles. The Hall–Kier alpha value is -2.65. The molecule has 1 rings (SSSR count). The SMILES string of the molecule is CCCCC/C=C/C/C=C/C/C=C/C/C=C/C/C=C/CCC(=O)O[C@H](COC(=O)CCCCCCCCCCCCCC)CO[C@H]1O[C@H](CS(=O)(=O)O)[C@@H](O)C(O)C1O. The van der Waals surface area contributed by atoms with Crippen molar-refractivity contribution in [3.05, 3.63) is 60.8 Å². The molecule has 13 heteroatoms. The zero-order valence-corrected chi connectivity index (χ0v) is 36.9. The largest absolute Gasteiger partial charge is 0.462 e. The van der Waals surface area contributed by atoms with Gasteiger partial charge in [-0.2, -0.15) is 8.42 Å². The predicted molar refractivity (Wildman–Crippen MR) is 233 cm³/mol. The summed E-state index contributed by atoms with van der Waals surface area (Å²) in [6, 6.07) is 0. The minimum atomic E-state index is -4.61. The highest BCUT2D eigenvalue weighted by molar-refractivity contribution is 7.85. The minimum Gasteiger partial charge on any atom is -0.462 e. The van der Waals surface area contributed by atoms with Gasteiger partial charge in [-0.3, -0.25) is 14.1 Å². The van der Waals surface area contributed by atoms with Crippen molar-refractivity contribution in [3.8, 4) is 0 Å². The van der Waals surface area contributed by atoms with Crippen LogP contribution in [0.2, 0.25) is 0 Å². The summed E-state index contributed by atoms with van der Waals surface area (Å²) in [4.78, 5) is 25.3. The number of carbonyl (C=O) groups excluding carboxylic acids is 2. The van der Waals surface area contributed by atoms with Crippen molar-refractivity contribution < 1.29 is 56.8 Å². The van der Waals surface area contributed by atoms with Gasteiger partial charge in [-0.25, -0.2) is 0 Å². The average Bonchev–Trinajstić information content (AvgIpc) is 3.20. The Kier molecular flexibility index (Phi) is 33.2. The van der Waals surface area contributed by atoms with Gasteiger partial charge in [0.25, 0.3) is 10.1 Å². The number of hydrogen-bond donors (Lipinski definition) is 4. The second-order valence-corrected chi connectivity index (χ2v) is 16.9. The monoisotopic (exact) mass is 855 g/mol. The van der Waals surface area contributed by atoms with Crippen LogP contribution in [0, 0.1) is 0 Å². The van der Waals surface area contributed by atoms with Gasteiger partial charge in [0, 0.05) is 12.8 Å². The summed E-state index contributed by atoms with van der Waals surface area (Å²) < 4.78 is 53.9. The summed E-state index contributed by atoms with van der Waals surface area (Å²) in [5.41, 5.74) is 0. The van der Waals surface area contributed by atoms with E-state index in [0.717, 1.165) is 44.9 Å². The molecule has 0 spiro atoms. The van der Waals surface area contributed by atoms with Crippen LogP contribution in [0.25, 0.3) is 0 Å². The van der Waals surface area contributed by atoms with Crippen LogP contribution < -0.4 is 0 Å². The minimum absolute atomic E-state index is 0.0400. The van der Waals surface area contributed by atoms with Crippen LogP contribution in [0.5, 0.6) is 0 Å². The molecular weight excluding hydrogens is 777 g/mol.